The van der Waals surface area contributed by atoms with Gasteiger partial charge < -0.3 is 15.5 Å². The largest absolute Gasteiger partial charge is 0.355 e. The molecule has 0 spiro atoms. The van der Waals surface area contributed by atoms with E-state index in [-0.39, 0.29) is 11.9 Å². The molecule has 2 unspecified atom stereocenters. The molecule has 2 aromatic rings. The van der Waals surface area contributed by atoms with Crippen LogP contribution in [0.5, 0.6) is 0 Å². The highest BCUT2D eigenvalue weighted by atomic mass is 35.5. The van der Waals surface area contributed by atoms with Gasteiger partial charge in [-0.05, 0) is 42.8 Å². The summed E-state index contributed by atoms with van der Waals surface area (Å²) in [5.41, 5.74) is 3.61. The quantitative estimate of drug-likeness (QED) is 0.755. The molecule has 2 N–H and O–H groups in total. The van der Waals surface area contributed by atoms with E-state index < -0.39 is 6.17 Å². The van der Waals surface area contributed by atoms with Crippen LogP contribution in [0.3, 0.4) is 0 Å². The molecular formula is C22H19Cl2N3O. The van der Waals surface area contributed by atoms with E-state index >= 15 is 0 Å². The number of benzene rings is 2. The van der Waals surface area contributed by atoms with Gasteiger partial charge in [-0.25, -0.2) is 0 Å². The maximum Gasteiger partial charge on any atom is 0.264 e. The Balaban J connectivity index is 1.58. The summed E-state index contributed by atoms with van der Waals surface area (Å²) in [6.45, 7) is 1.92. The minimum Gasteiger partial charge on any atom is -0.355 e. The summed E-state index contributed by atoms with van der Waals surface area (Å²) in [5, 5.41) is 7.69. The van der Waals surface area contributed by atoms with E-state index in [1.54, 1.807) is 0 Å². The molecule has 0 radical (unpaired) electrons. The lowest BCUT2D eigenvalue weighted by Crippen LogP contribution is -2.48. The molecule has 0 bridgehead atoms. The van der Waals surface area contributed by atoms with Crippen molar-refractivity contribution in [2.45, 2.75) is 19.1 Å². The Morgan fingerprint density at radius 1 is 1.14 bits per heavy atom. The van der Waals surface area contributed by atoms with Gasteiger partial charge in [-0.3, -0.25) is 4.79 Å². The fourth-order valence-electron chi connectivity index (χ4n) is 3.44. The van der Waals surface area contributed by atoms with Crippen LogP contribution in [0.1, 0.15) is 24.1 Å². The highest BCUT2D eigenvalue weighted by Gasteiger charge is 2.35. The molecule has 4 nitrogen and oxygen atoms in total. The van der Waals surface area contributed by atoms with Gasteiger partial charge in [-0.1, -0.05) is 59.6 Å². The zero-order chi connectivity index (χ0) is 19.7. The Kier molecular flexibility index (Phi) is 5.16. The first-order valence-corrected chi connectivity index (χ1v) is 9.75. The second-order valence-corrected chi connectivity index (χ2v) is 7.52. The van der Waals surface area contributed by atoms with Crippen molar-refractivity contribution in [3.8, 4) is 0 Å². The lowest BCUT2D eigenvalue weighted by molar-refractivity contribution is -0.125. The third kappa shape index (κ3) is 3.53. The Morgan fingerprint density at radius 3 is 2.75 bits per heavy atom. The van der Waals surface area contributed by atoms with Gasteiger partial charge in [-0.2, -0.15) is 0 Å². The number of carbonyl (C=O) groups is 1. The van der Waals surface area contributed by atoms with Crippen LogP contribution in [0, 0.1) is 0 Å². The van der Waals surface area contributed by atoms with Gasteiger partial charge in [0.25, 0.3) is 5.91 Å². The van der Waals surface area contributed by atoms with Crippen molar-refractivity contribution < 1.29 is 4.79 Å². The molecule has 28 heavy (non-hydrogen) atoms. The minimum absolute atomic E-state index is 0.137. The van der Waals surface area contributed by atoms with Crippen LogP contribution in [0.4, 0.5) is 0 Å². The summed E-state index contributed by atoms with van der Waals surface area (Å²) in [6, 6.07) is 14.9. The molecule has 2 aliphatic rings. The molecule has 142 valence electrons. The monoisotopic (exact) mass is 411 g/mol. The molecule has 0 saturated carbocycles. The van der Waals surface area contributed by atoms with Crippen molar-refractivity contribution in [1.82, 2.24) is 15.5 Å². The van der Waals surface area contributed by atoms with Gasteiger partial charge in [0.1, 0.15) is 0 Å². The summed E-state index contributed by atoms with van der Waals surface area (Å²) < 4.78 is 0. The van der Waals surface area contributed by atoms with Gasteiger partial charge in [0, 0.05) is 21.8 Å². The van der Waals surface area contributed by atoms with Crippen molar-refractivity contribution in [2.75, 3.05) is 0 Å². The molecular weight excluding hydrogens is 393 g/mol. The standard InChI is InChI=1S/C22H19Cl2N3O/c1-14(17-9-2-3-10-18(17)24)25-22(28)21-26-20(15-7-6-8-16(23)13-15)19-11-4-5-12-27(19)21/h2-14,21,26H,1H3,(H,25,28). The van der Waals surface area contributed by atoms with Crippen LogP contribution in [-0.4, -0.2) is 17.0 Å². The molecule has 2 aromatic carbocycles. The second kappa shape index (κ2) is 7.74. The summed E-state index contributed by atoms with van der Waals surface area (Å²) in [6.07, 6.45) is 7.17. The molecule has 0 saturated heterocycles. The number of halogens is 2. The van der Waals surface area contributed by atoms with E-state index in [0.29, 0.717) is 10.0 Å². The number of fused-ring (bicyclic) bond motifs is 1. The summed E-state index contributed by atoms with van der Waals surface area (Å²) >= 11 is 12.4. The third-order valence-electron chi connectivity index (χ3n) is 4.80. The summed E-state index contributed by atoms with van der Waals surface area (Å²) in [4.78, 5) is 15.0. The lowest BCUT2D eigenvalue weighted by Gasteiger charge is -2.26. The molecule has 2 heterocycles. The van der Waals surface area contributed by atoms with Crippen molar-refractivity contribution >= 4 is 34.8 Å². The van der Waals surface area contributed by atoms with Gasteiger partial charge in [-0.15, -0.1) is 0 Å². The van der Waals surface area contributed by atoms with E-state index in [1.165, 1.54) is 0 Å². The van der Waals surface area contributed by atoms with Crippen LogP contribution in [0.15, 0.2) is 78.7 Å². The molecule has 0 aromatic heterocycles. The number of rotatable bonds is 4. The van der Waals surface area contributed by atoms with Crippen molar-refractivity contribution in [2.24, 2.45) is 0 Å². The van der Waals surface area contributed by atoms with Crippen molar-refractivity contribution in [3.63, 3.8) is 0 Å². The molecule has 6 heteroatoms. The molecule has 2 aliphatic heterocycles. The first kappa shape index (κ1) is 18.7. The number of carbonyl (C=O) groups excluding carboxylic acids is 1. The normalized spacial score (nSPS) is 18.7. The summed E-state index contributed by atoms with van der Waals surface area (Å²) in [5.74, 6) is -0.137. The number of hydrogen-bond donors (Lipinski definition) is 2. The van der Waals surface area contributed by atoms with E-state index in [9.17, 15) is 4.79 Å². The van der Waals surface area contributed by atoms with E-state index in [2.05, 4.69) is 10.6 Å². The fraction of sp³-hybridized carbons (Fsp3) is 0.136. The van der Waals surface area contributed by atoms with Crippen LogP contribution in [0.25, 0.3) is 5.70 Å². The average Bonchev–Trinajstić information content (AvgIpc) is 3.08. The third-order valence-corrected chi connectivity index (χ3v) is 5.38. The summed E-state index contributed by atoms with van der Waals surface area (Å²) in [7, 11) is 0. The Labute approximate surface area is 174 Å². The Hall–Kier alpha value is -2.69. The number of nitrogens with zero attached hydrogens (tertiary/aromatic N) is 1. The maximum absolute atomic E-state index is 13.1. The van der Waals surface area contributed by atoms with Gasteiger partial charge in [0.15, 0.2) is 6.17 Å². The molecule has 0 fully saturated rings. The Bertz CT molecular complexity index is 1010. The molecule has 1 amide bonds. The first-order chi connectivity index (χ1) is 13.5. The molecule has 4 rings (SSSR count). The second-order valence-electron chi connectivity index (χ2n) is 6.68. The average molecular weight is 412 g/mol. The zero-order valence-corrected chi connectivity index (χ0v) is 16.7. The maximum atomic E-state index is 13.1. The van der Waals surface area contributed by atoms with E-state index in [0.717, 1.165) is 22.5 Å². The highest BCUT2D eigenvalue weighted by Crippen LogP contribution is 2.32. The van der Waals surface area contributed by atoms with E-state index in [4.69, 9.17) is 23.2 Å². The number of nitrogens with one attached hydrogen (secondary N) is 2. The van der Waals surface area contributed by atoms with Crippen molar-refractivity contribution in [3.05, 3.63) is 99.8 Å². The minimum atomic E-state index is -0.560. The van der Waals surface area contributed by atoms with Gasteiger partial charge >= 0.3 is 0 Å². The smallest absolute Gasteiger partial charge is 0.264 e. The van der Waals surface area contributed by atoms with E-state index in [1.807, 2.05) is 84.8 Å². The first-order valence-electron chi connectivity index (χ1n) is 8.99. The number of hydrogen-bond acceptors (Lipinski definition) is 3. The number of amides is 1. The van der Waals surface area contributed by atoms with Crippen LogP contribution in [-0.2, 0) is 4.79 Å². The fourth-order valence-corrected chi connectivity index (χ4v) is 3.93. The topological polar surface area (TPSA) is 44.4 Å². The van der Waals surface area contributed by atoms with Crippen molar-refractivity contribution in [1.29, 1.82) is 0 Å². The number of allylic oxidation sites excluding steroid dienone is 3. The van der Waals surface area contributed by atoms with Crippen LogP contribution < -0.4 is 10.6 Å². The Morgan fingerprint density at radius 2 is 1.96 bits per heavy atom. The zero-order valence-electron chi connectivity index (χ0n) is 15.2. The highest BCUT2D eigenvalue weighted by molar-refractivity contribution is 6.31. The van der Waals surface area contributed by atoms with Crippen LogP contribution >= 0.6 is 23.2 Å². The lowest BCUT2D eigenvalue weighted by atomic mass is 10.1. The molecule has 0 aliphatic carbocycles. The molecule has 2 atom stereocenters. The van der Waals surface area contributed by atoms with Crippen LogP contribution in [0.2, 0.25) is 10.0 Å². The van der Waals surface area contributed by atoms with Gasteiger partial charge in [0.05, 0.1) is 17.4 Å². The SMILES string of the molecule is CC(NC(=O)C1NC(c2cccc(Cl)c2)=C2C=CC=CN21)c1ccccc1Cl. The predicted octanol–water partition coefficient (Wildman–Crippen LogP) is 4.85. The predicted molar refractivity (Wildman–Crippen MR) is 113 cm³/mol. The van der Waals surface area contributed by atoms with Gasteiger partial charge in [0.2, 0.25) is 0 Å².